The van der Waals surface area contributed by atoms with Gasteiger partial charge < -0.3 is 15.4 Å². The van der Waals surface area contributed by atoms with Crippen LogP contribution in [0.4, 0.5) is 5.69 Å². The monoisotopic (exact) mass is 263 g/mol. The molecule has 0 spiro atoms. The second kappa shape index (κ2) is 6.54. The minimum atomic E-state index is -0.548. The third-order valence-electron chi connectivity index (χ3n) is 3.45. The van der Waals surface area contributed by atoms with Crippen LogP contribution < -0.4 is 10.6 Å². The summed E-state index contributed by atoms with van der Waals surface area (Å²) < 4.78 is 4.64. The highest BCUT2D eigenvalue weighted by Crippen LogP contribution is 2.15. The number of anilines is 1. The number of piperazine rings is 1. The number of rotatable bonds is 4. The summed E-state index contributed by atoms with van der Waals surface area (Å²) in [6.45, 7) is 4.31. The van der Waals surface area contributed by atoms with Gasteiger partial charge in [-0.15, -0.1) is 0 Å². The first kappa shape index (κ1) is 13.8. The van der Waals surface area contributed by atoms with E-state index in [0.717, 1.165) is 26.2 Å². The Bertz CT molecular complexity index is 402. The third-order valence-corrected chi connectivity index (χ3v) is 3.45. The lowest BCUT2D eigenvalue weighted by molar-refractivity contribution is -0.142. The molecular weight excluding hydrogens is 242 g/mol. The van der Waals surface area contributed by atoms with Gasteiger partial charge in [0.05, 0.1) is 7.11 Å². The third kappa shape index (κ3) is 3.68. The van der Waals surface area contributed by atoms with Crippen LogP contribution >= 0.6 is 0 Å². The smallest absolute Gasteiger partial charge is 0.323 e. The molecule has 1 aromatic carbocycles. The first-order valence-electron chi connectivity index (χ1n) is 6.56. The zero-order valence-electron chi connectivity index (χ0n) is 11.3. The van der Waals surface area contributed by atoms with Crippen molar-refractivity contribution in [2.45, 2.75) is 6.04 Å². The minimum Gasteiger partial charge on any atom is -0.468 e. The van der Waals surface area contributed by atoms with E-state index in [1.54, 1.807) is 0 Å². The molecule has 1 aliphatic heterocycles. The van der Waals surface area contributed by atoms with Crippen LogP contribution in [0.1, 0.15) is 0 Å². The largest absolute Gasteiger partial charge is 0.468 e. The van der Waals surface area contributed by atoms with Crippen molar-refractivity contribution in [1.82, 2.24) is 4.90 Å². The lowest BCUT2D eigenvalue weighted by Crippen LogP contribution is -2.51. The van der Waals surface area contributed by atoms with Crippen molar-refractivity contribution in [2.24, 2.45) is 5.73 Å². The summed E-state index contributed by atoms with van der Waals surface area (Å²) >= 11 is 0. The lowest BCUT2D eigenvalue weighted by Gasteiger charge is -2.36. The van der Waals surface area contributed by atoms with Crippen molar-refractivity contribution >= 4 is 11.7 Å². The van der Waals surface area contributed by atoms with E-state index in [1.165, 1.54) is 12.8 Å². The molecule has 1 aliphatic rings. The van der Waals surface area contributed by atoms with Gasteiger partial charge in [0.15, 0.2) is 0 Å². The van der Waals surface area contributed by atoms with E-state index in [0.29, 0.717) is 6.54 Å². The van der Waals surface area contributed by atoms with Crippen LogP contribution in [0.3, 0.4) is 0 Å². The predicted octanol–water partition coefficient (Wildman–Crippen LogP) is 0.309. The fraction of sp³-hybridized carbons (Fsp3) is 0.500. The molecule has 2 rings (SSSR count). The Hall–Kier alpha value is -1.59. The quantitative estimate of drug-likeness (QED) is 0.792. The number of hydrogen-bond acceptors (Lipinski definition) is 5. The minimum absolute atomic E-state index is 0.342. The number of benzene rings is 1. The predicted molar refractivity (Wildman–Crippen MR) is 75.1 cm³/mol. The molecule has 1 heterocycles. The molecule has 5 heteroatoms. The summed E-state index contributed by atoms with van der Waals surface area (Å²) in [5, 5.41) is 0. The van der Waals surface area contributed by atoms with Crippen LogP contribution in [0.5, 0.6) is 0 Å². The number of methoxy groups -OCH3 is 1. The maximum absolute atomic E-state index is 11.3. The summed E-state index contributed by atoms with van der Waals surface area (Å²) in [5.41, 5.74) is 7.02. The zero-order chi connectivity index (χ0) is 13.7. The standard InChI is InChI=1S/C14H21N3O2/c1-19-14(18)13(15)11-16-7-9-17(10-8-16)12-5-3-2-4-6-12/h2-6,13H,7-11,15H2,1H3. The number of esters is 1. The normalized spacial score (nSPS) is 18.1. The number of hydrogen-bond donors (Lipinski definition) is 1. The fourth-order valence-corrected chi connectivity index (χ4v) is 2.33. The van der Waals surface area contributed by atoms with Gasteiger partial charge in [-0.05, 0) is 12.1 Å². The molecule has 0 aromatic heterocycles. The molecule has 19 heavy (non-hydrogen) atoms. The van der Waals surface area contributed by atoms with E-state index in [9.17, 15) is 4.79 Å². The summed E-state index contributed by atoms with van der Waals surface area (Å²) in [4.78, 5) is 15.8. The Morgan fingerprint density at radius 1 is 1.26 bits per heavy atom. The van der Waals surface area contributed by atoms with E-state index in [-0.39, 0.29) is 5.97 Å². The van der Waals surface area contributed by atoms with Crippen LogP contribution in [0.25, 0.3) is 0 Å². The Balaban J connectivity index is 1.81. The molecule has 0 aliphatic carbocycles. The molecule has 0 bridgehead atoms. The molecule has 104 valence electrons. The number of ether oxygens (including phenoxy) is 1. The number of carbonyl (C=O) groups is 1. The van der Waals surface area contributed by atoms with Crippen LogP contribution in [0.2, 0.25) is 0 Å². The van der Waals surface area contributed by atoms with Gasteiger partial charge in [0, 0.05) is 38.4 Å². The maximum Gasteiger partial charge on any atom is 0.323 e. The summed E-state index contributed by atoms with van der Waals surface area (Å²) in [6, 6.07) is 9.82. The van der Waals surface area contributed by atoms with Crippen molar-refractivity contribution < 1.29 is 9.53 Å². The zero-order valence-corrected chi connectivity index (χ0v) is 11.3. The number of para-hydroxylation sites is 1. The first-order valence-corrected chi connectivity index (χ1v) is 6.56. The summed E-state index contributed by atoms with van der Waals surface area (Å²) in [6.07, 6.45) is 0. The van der Waals surface area contributed by atoms with Crippen molar-refractivity contribution in [3.63, 3.8) is 0 Å². The Labute approximate surface area is 113 Å². The molecule has 1 saturated heterocycles. The van der Waals surface area contributed by atoms with Gasteiger partial charge in [0.25, 0.3) is 0 Å². The van der Waals surface area contributed by atoms with E-state index >= 15 is 0 Å². The second-order valence-electron chi connectivity index (χ2n) is 4.75. The van der Waals surface area contributed by atoms with Gasteiger partial charge in [-0.1, -0.05) is 18.2 Å². The summed E-state index contributed by atoms with van der Waals surface area (Å²) in [7, 11) is 1.37. The van der Waals surface area contributed by atoms with E-state index in [4.69, 9.17) is 5.73 Å². The molecule has 1 fully saturated rings. The SMILES string of the molecule is COC(=O)C(N)CN1CCN(c2ccccc2)CC1. The molecular formula is C14H21N3O2. The summed E-state index contributed by atoms with van der Waals surface area (Å²) in [5.74, 6) is -0.342. The maximum atomic E-state index is 11.3. The highest BCUT2D eigenvalue weighted by atomic mass is 16.5. The van der Waals surface area contributed by atoms with Crippen LogP contribution in [0, 0.1) is 0 Å². The van der Waals surface area contributed by atoms with Crippen molar-refractivity contribution in [2.75, 3.05) is 44.7 Å². The van der Waals surface area contributed by atoms with Crippen molar-refractivity contribution in [1.29, 1.82) is 0 Å². The first-order chi connectivity index (χ1) is 9.20. The average molecular weight is 263 g/mol. The Morgan fingerprint density at radius 3 is 2.47 bits per heavy atom. The van der Waals surface area contributed by atoms with E-state index in [2.05, 4.69) is 38.8 Å². The van der Waals surface area contributed by atoms with Gasteiger partial charge >= 0.3 is 5.97 Å². The molecule has 0 amide bonds. The number of nitrogens with two attached hydrogens (primary N) is 1. The van der Waals surface area contributed by atoms with Gasteiger partial charge in [-0.25, -0.2) is 0 Å². The van der Waals surface area contributed by atoms with Gasteiger partial charge in [-0.3, -0.25) is 9.69 Å². The van der Waals surface area contributed by atoms with Gasteiger partial charge in [-0.2, -0.15) is 0 Å². The molecule has 0 radical (unpaired) electrons. The topological polar surface area (TPSA) is 58.8 Å². The molecule has 1 unspecified atom stereocenters. The highest BCUT2D eigenvalue weighted by Gasteiger charge is 2.22. The molecule has 2 N–H and O–H groups in total. The Morgan fingerprint density at radius 2 is 1.89 bits per heavy atom. The average Bonchev–Trinajstić information content (AvgIpc) is 2.48. The van der Waals surface area contributed by atoms with Gasteiger partial charge in [0.1, 0.15) is 6.04 Å². The van der Waals surface area contributed by atoms with Gasteiger partial charge in [0.2, 0.25) is 0 Å². The lowest BCUT2D eigenvalue weighted by atomic mass is 10.2. The molecule has 1 aromatic rings. The van der Waals surface area contributed by atoms with E-state index in [1.807, 2.05) is 6.07 Å². The number of carbonyl (C=O) groups excluding carboxylic acids is 1. The van der Waals surface area contributed by atoms with E-state index < -0.39 is 6.04 Å². The van der Waals surface area contributed by atoms with Crippen molar-refractivity contribution in [3.8, 4) is 0 Å². The molecule has 0 saturated carbocycles. The van der Waals surface area contributed by atoms with Crippen LogP contribution in [0.15, 0.2) is 30.3 Å². The Kier molecular flexibility index (Phi) is 4.76. The number of nitrogens with zero attached hydrogens (tertiary/aromatic N) is 2. The van der Waals surface area contributed by atoms with Crippen LogP contribution in [-0.4, -0.2) is 56.7 Å². The fourth-order valence-electron chi connectivity index (χ4n) is 2.33. The second-order valence-corrected chi connectivity index (χ2v) is 4.75. The molecule has 1 atom stereocenters. The molecule has 5 nitrogen and oxygen atoms in total. The van der Waals surface area contributed by atoms with Crippen molar-refractivity contribution in [3.05, 3.63) is 30.3 Å². The van der Waals surface area contributed by atoms with Crippen LogP contribution in [-0.2, 0) is 9.53 Å². The highest BCUT2D eigenvalue weighted by molar-refractivity contribution is 5.75.